The van der Waals surface area contributed by atoms with Crippen LogP contribution in [0.2, 0.25) is 0 Å². The van der Waals surface area contributed by atoms with E-state index in [1.807, 2.05) is 30.3 Å². The van der Waals surface area contributed by atoms with Crippen molar-refractivity contribution in [2.45, 2.75) is 18.4 Å². The Morgan fingerprint density at radius 2 is 1.82 bits per heavy atom. The van der Waals surface area contributed by atoms with Crippen LogP contribution < -0.4 is 0 Å². The summed E-state index contributed by atoms with van der Waals surface area (Å²) in [6.45, 7) is 2.53. The fraction of sp³-hybridized carbons (Fsp3) is 0.500. The largest absolute Gasteiger partial charge is 0.381 e. The Labute approximate surface area is 131 Å². The summed E-state index contributed by atoms with van der Waals surface area (Å²) in [5, 5.41) is 1.29. The summed E-state index contributed by atoms with van der Waals surface area (Å²) in [5.41, 5.74) is 0.504. The lowest BCUT2D eigenvalue weighted by Gasteiger charge is -2.43. The van der Waals surface area contributed by atoms with Crippen LogP contribution in [0.25, 0.3) is 6.08 Å². The topological polar surface area (TPSA) is 55.8 Å². The molecule has 0 N–H and O–H groups in total. The zero-order valence-electron chi connectivity index (χ0n) is 12.5. The average Bonchev–Trinajstić information content (AvgIpc) is 2.55. The van der Waals surface area contributed by atoms with E-state index in [2.05, 4.69) is 0 Å². The lowest BCUT2D eigenvalue weighted by Crippen LogP contribution is -2.55. The van der Waals surface area contributed by atoms with Crippen molar-refractivity contribution in [1.82, 2.24) is 4.31 Å². The highest BCUT2D eigenvalue weighted by molar-refractivity contribution is 7.92. The first kappa shape index (κ1) is 15.7. The molecule has 1 aromatic carbocycles. The summed E-state index contributed by atoms with van der Waals surface area (Å²) < 4.78 is 37.8. The molecule has 0 atom stereocenters. The van der Waals surface area contributed by atoms with Crippen LogP contribution in [0.1, 0.15) is 18.4 Å². The van der Waals surface area contributed by atoms with Crippen LogP contribution in [-0.2, 0) is 19.5 Å². The molecule has 3 rings (SSSR count). The van der Waals surface area contributed by atoms with Gasteiger partial charge in [0.15, 0.2) is 0 Å². The van der Waals surface area contributed by atoms with Gasteiger partial charge in [-0.15, -0.1) is 0 Å². The third-order valence-corrected chi connectivity index (χ3v) is 5.72. The van der Waals surface area contributed by atoms with Crippen LogP contribution in [-0.4, -0.2) is 51.2 Å². The summed E-state index contributed by atoms with van der Waals surface area (Å²) in [6.07, 6.45) is 3.14. The van der Waals surface area contributed by atoms with Gasteiger partial charge in [0.2, 0.25) is 10.0 Å². The van der Waals surface area contributed by atoms with E-state index in [0.717, 1.165) is 18.4 Å². The molecule has 0 aromatic heterocycles. The van der Waals surface area contributed by atoms with Crippen molar-refractivity contribution in [2.75, 3.05) is 32.9 Å². The highest BCUT2D eigenvalue weighted by Gasteiger charge is 2.41. The predicted molar refractivity (Wildman–Crippen MR) is 84.7 cm³/mol. The minimum Gasteiger partial charge on any atom is -0.381 e. The van der Waals surface area contributed by atoms with E-state index < -0.39 is 10.0 Å². The molecule has 2 heterocycles. The molecule has 6 heteroatoms. The van der Waals surface area contributed by atoms with Crippen LogP contribution in [0.3, 0.4) is 0 Å². The van der Waals surface area contributed by atoms with Crippen molar-refractivity contribution in [2.24, 2.45) is 0 Å². The standard InChI is InChI=1S/C16H21NO4S/c18-22(19,13-6-15-4-2-1-3-5-15)17-9-12-21-16(14-17)7-10-20-11-8-16/h1-6,13H,7-12,14H2/b13-6+. The van der Waals surface area contributed by atoms with Crippen molar-refractivity contribution in [1.29, 1.82) is 0 Å². The van der Waals surface area contributed by atoms with Gasteiger partial charge in [-0.1, -0.05) is 30.3 Å². The Balaban J connectivity index is 1.73. The number of sulfonamides is 1. The molecule has 0 amide bonds. The van der Waals surface area contributed by atoms with Crippen LogP contribution in [0.4, 0.5) is 0 Å². The molecule has 0 unspecified atom stereocenters. The van der Waals surface area contributed by atoms with Gasteiger partial charge in [-0.3, -0.25) is 0 Å². The van der Waals surface area contributed by atoms with E-state index in [1.165, 1.54) is 9.71 Å². The molecule has 5 nitrogen and oxygen atoms in total. The fourth-order valence-corrected chi connectivity index (χ4v) is 4.13. The molecule has 2 saturated heterocycles. The van der Waals surface area contributed by atoms with Gasteiger partial charge in [0, 0.05) is 44.6 Å². The van der Waals surface area contributed by atoms with E-state index in [-0.39, 0.29) is 5.60 Å². The van der Waals surface area contributed by atoms with Gasteiger partial charge in [-0.2, -0.15) is 4.31 Å². The normalized spacial score (nSPS) is 23.1. The van der Waals surface area contributed by atoms with E-state index in [1.54, 1.807) is 6.08 Å². The Kier molecular flexibility index (Phi) is 4.63. The lowest BCUT2D eigenvalue weighted by molar-refractivity contribution is -0.139. The molecule has 2 fully saturated rings. The molecule has 0 aliphatic carbocycles. The van der Waals surface area contributed by atoms with Crippen LogP contribution in [0.5, 0.6) is 0 Å². The molecule has 22 heavy (non-hydrogen) atoms. The maximum absolute atomic E-state index is 12.5. The molecule has 0 radical (unpaired) electrons. The highest BCUT2D eigenvalue weighted by atomic mass is 32.2. The third-order valence-electron chi connectivity index (χ3n) is 4.21. The summed E-state index contributed by atoms with van der Waals surface area (Å²) >= 11 is 0. The van der Waals surface area contributed by atoms with Crippen LogP contribution in [0, 0.1) is 0 Å². The number of ether oxygens (including phenoxy) is 2. The van der Waals surface area contributed by atoms with Gasteiger partial charge in [-0.25, -0.2) is 8.42 Å². The number of morpholine rings is 1. The first-order chi connectivity index (χ1) is 10.6. The van der Waals surface area contributed by atoms with Crippen molar-refractivity contribution < 1.29 is 17.9 Å². The Morgan fingerprint density at radius 1 is 1.09 bits per heavy atom. The average molecular weight is 323 g/mol. The molecule has 1 aromatic rings. The highest BCUT2D eigenvalue weighted by Crippen LogP contribution is 2.30. The second kappa shape index (κ2) is 6.50. The minimum absolute atomic E-state index is 0.371. The van der Waals surface area contributed by atoms with Crippen molar-refractivity contribution in [3.05, 3.63) is 41.3 Å². The predicted octanol–water partition coefficient (Wildman–Crippen LogP) is 1.87. The minimum atomic E-state index is -3.42. The summed E-state index contributed by atoms with van der Waals surface area (Å²) in [4.78, 5) is 0. The molecular formula is C16H21NO4S. The smallest absolute Gasteiger partial charge is 0.236 e. The van der Waals surface area contributed by atoms with Crippen LogP contribution >= 0.6 is 0 Å². The Morgan fingerprint density at radius 3 is 2.55 bits per heavy atom. The number of rotatable bonds is 3. The van der Waals surface area contributed by atoms with E-state index >= 15 is 0 Å². The zero-order chi connectivity index (χ0) is 15.5. The van der Waals surface area contributed by atoms with Gasteiger partial charge in [0.25, 0.3) is 0 Å². The lowest BCUT2D eigenvalue weighted by atomic mass is 9.93. The molecule has 0 bridgehead atoms. The Hall–Kier alpha value is -1.21. The Bertz CT molecular complexity index is 615. The van der Waals surface area contributed by atoms with Gasteiger partial charge in [-0.05, 0) is 11.6 Å². The third kappa shape index (κ3) is 3.57. The number of hydrogen-bond acceptors (Lipinski definition) is 4. The van der Waals surface area contributed by atoms with Gasteiger partial charge < -0.3 is 9.47 Å². The first-order valence-electron chi connectivity index (χ1n) is 7.55. The van der Waals surface area contributed by atoms with Crippen molar-refractivity contribution in [3.63, 3.8) is 0 Å². The summed E-state index contributed by atoms with van der Waals surface area (Å²) in [6, 6.07) is 9.44. The number of benzene rings is 1. The van der Waals surface area contributed by atoms with E-state index in [0.29, 0.717) is 32.9 Å². The van der Waals surface area contributed by atoms with Crippen molar-refractivity contribution >= 4 is 16.1 Å². The van der Waals surface area contributed by atoms with Gasteiger partial charge in [0.1, 0.15) is 0 Å². The zero-order valence-corrected chi connectivity index (χ0v) is 13.3. The molecular weight excluding hydrogens is 302 g/mol. The number of nitrogens with zero attached hydrogens (tertiary/aromatic N) is 1. The van der Waals surface area contributed by atoms with Crippen LogP contribution in [0.15, 0.2) is 35.7 Å². The molecule has 2 aliphatic rings. The first-order valence-corrected chi connectivity index (χ1v) is 9.05. The molecule has 2 aliphatic heterocycles. The SMILES string of the molecule is O=S(=O)(/C=C/c1ccccc1)N1CCOC2(CCOCC2)C1. The second-order valence-electron chi connectivity index (χ2n) is 5.74. The van der Waals surface area contributed by atoms with Gasteiger partial charge in [0.05, 0.1) is 12.2 Å². The van der Waals surface area contributed by atoms with Crippen molar-refractivity contribution in [3.8, 4) is 0 Å². The van der Waals surface area contributed by atoms with E-state index in [4.69, 9.17) is 9.47 Å². The molecule has 1 spiro atoms. The van der Waals surface area contributed by atoms with E-state index in [9.17, 15) is 8.42 Å². The number of hydrogen-bond donors (Lipinski definition) is 0. The summed E-state index contributed by atoms with van der Waals surface area (Å²) in [5.74, 6) is 0. The second-order valence-corrected chi connectivity index (χ2v) is 7.55. The van der Waals surface area contributed by atoms with Gasteiger partial charge >= 0.3 is 0 Å². The monoisotopic (exact) mass is 323 g/mol. The maximum Gasteiger partial charge on any atom is 0.236 e. The molecule has 120 valence electrons. The molecule has 0 saturated carbocycles. The fourth-order valence-electron chi connectivity index (χ4n) is 2.89. The summed E-state index contributed by atoms with van der Waals surface area (Å²) in [7, 11) is -3.42. The quantitative estimate of drug-likeness (QED) is 0.852. The maximum atomic E-state index is 12.5.